The lowest BCUT2D eigenvalue weighted by Crippen LogP contribution is -2.64. The Morgan fingerprint density at radius 2 is 1.31 bits per heavy atom. The van der Waals surface area contributed by atoms with Gasteiger partial charge in [-0.05, 0) is 54.8 Å². The molecule has 306 valence electrons. The molecule has 0 amide bonds. The fourth-order valence-corrected chi connectivity index (χ4v) is 6.31. The first-order valence-corrected chi connectivity index (χ1v) is 17.6. The van der Waals surface area contributed by atoms with Gasteiger partial charge in [0, 0.05) is 6.08 Å². The Hall–Kier alpha value is -3.51. The quantitative estimate of drug-likeness (QED) is 0.0522. The molecule has 15 atom stereocenters. The molecule has 11 N–H and O–H groups in total. The number of esters is 1. The van der Waals surface area contributed by atoms with Crippen molar-refractivity contribution in [2.45, 2.75) is 105 Å². The van der Waals surface area contributed by atoms with Gasteiger partial charge >= 0.3 is 5.97 Å². The second-order valence-electron chi connectivity index (χ2n) is 13.5. The smallest absolute Gasteiger partial charge is 0.331 e. The van der Waals surface area contributed by atoms with E-state index in [2.05, 4.69) is 0 Å². The molecule has 3 heterocycles. The van der Waals surface area contributed by atoms with E-state index in [1.54, 1.807) is 12.1 Å². The number of aliphatic hydroxyl groups is 8. The largest absolute Gasteiger partial charge is 0.508 e. The van der Waals surface area contributed by atoms with Gasteiger partial charge in [0.15, 0.2) is 30.2 Å². The summed E-state index contributed by atoms with van der Waals surface area (Å²) in [6.45, 7) is -0.447. The topological polar surface area (TPSA) is 304 Å². The van der Waals surface area contributed by atoms with Crippen LogP contribution in [-0.2, 0) is 44.4 Å². The summed E-state index contributed by atoms with van der Waals surface area (Å²) in [7, 11) is 0. The summed E-state index contributed by atoms with van der Waals surface area (Å²) in [5, 5.41) is 113. The Labute approximate surface area is 314 Å². The van der Waals surface area contributed by atoms with Gasteiger partial charge in [0.2, 0.25) is 0 Å². The summed E-state index contributed by atoms with van der Waals surface area (Å²) < 4.78 is 40.6. The third kappa shape index (κ3) is 10.5. The van der Waals surface area contributed by atoms with Crippen LogP contribution in [0.2, 0.25) is 0 Å². The highest BCUT2D eigenvalue weighted by Crippen LogP contribution is 2.31. The maximum absolute atomic E-state index is 13.3. The van der Waals surface area contributed by atoms with Gasteiger partial charge in [0.05, 0.1) is 32.5 Å². The molecule has 5 rings (SSSR count). The number of aliphatic hydroxyl groups excluding tert-OH is 8. The molecule has 19 heteroatoms. The van der Waals surface area contributed by atoms with Crippen molar-refractivity contribution in [3.63, 3.8) is 0 Å². The summed E-state index contributed by atoms with van der Waals surface area (Å²) >= 11 is 0. The summed E-state index contributed by atoms with van der Waals surface area (Å²) in [4.78, 5) is 13.3. The molecule has 55 heavy (non-hydrogen) atoms. The Balaban J connectivity index is 1.41. The Morgan fingerprint density at radius 3 is 2.00 bits per heavy atom. The van der Waals surface area contributed by atoms with Crippen molar-refractivity contribution in [3.05, 3.63) is 59.7 Å². The monoisotopic (exact) mass is 784 g/mol. The highest BCUT2D eigenvalue weighted by molar-refractivity contribution is 5.87. The summed E-state index contributed by atoms with van der Waals surface area (Å²) in [6.07, 6.45) is -20.3. The molecule has 3 aliphatic rings. The maximum atomic E-state index is 13.3. The zero-order chi connectivity index (χ0) is 40.0. The molecule has 0 unspecified atom stereocenters. The van der Waals surface area contributed by atoms with E-state index in [4.69, 9.17) is 33.2 Å². The van der Waals surface area contributed by atoms with Gasteiger partial charge in [-0.2, -0.15) is 0 Å². The van der Waals surface area contributed by atoms with Crippen molar-refractivity contribution >= 4 is 12.0 Å². The first-order chi connectivity index (χ1) is 26.2. The van der Waals surface area contributed by atoms with Gasteiger partial charge in [-0.15, -0.1) is 0 Å². The third-order valence-electron chi connectivity index (χ3n) is 9.56. The number of hydrogen-bond acceptors (Lipinski definition) is 19. The van der Waals surface area contributed by atoms with E-state index in [-0.39, 0.29) is 12.4 Å². The normalized spacial score (nSPS) is 36.9. The fourth-order valence-electron chi connectivity index (χ4n) is 6.31. The van der Waals surface area contributed by atoms with Crippen LogP contribution in [0.15, 0.2) is 48.5 Å². The van der Waals surface area contributed by atoms with E-state index in [1.165, 1.54) is 43.3 Å². The highest BCUT2D eigenvalue weighted by atomic mass is 16.7. The first-order valence-electron chi connectivity index (χ1n) is 17.6. The number of benzene rings is 2. The molecule has 0 aliphatic carbocycles. The van der Waals surface area contributed by atoms with Crippen LogP contribution < -0.4 is 0 Å². The molecule has 0 aromatic heterocycles. The van der Waals surface area contributed by atoms with Crippen molar-refractivity contribution in [1.29, 1.82) is 0 Å². The van der Waals surface area contributed by atoms with E-state index in [1.807, 2.05) is 0 Å². The van der Waals surface area contributed by atoms with Crippen LogP contribution in [0.1, 0.15) is 18.1 Å². The molecule has 19 nitrogen and oxygen atoms in total. The van der Waals surface area contributed by atoms with Crippen LogP contribution in [0.25, 0.3) is 6.08 Å². The molecular formula is C36H48O19. The number of hydrogen-bond donors (Lipinski definition) is 11. The number of carbonyl (C=O) groups excluding carboxylic acids is 1. The molecule has 0 radical (unpaired) electrons. The zero-order valence-electron chi connectivity index (χ0n) is 29.6. The summed E-state index contributed by atoms with van der Waals surface area (Å²) in [5.74, 6) is -1.81. The van der Waals surface area contributed by atoms with Crippen LogP contribution in [0.3, 0.4) is 0 Å². The minimum atomic E-state index is -1.81. The Morgan fingerprint density at radius 1 is 0.673 bits per heavy atom. The molecule has 3 saturated heterocycles. The molecule has 2 aromatic carbocycles. The van der Waals surface area contributed by atoms with E-state index in [9.17, 15) is 61.0 Å². The van der Waals surface area contributed by atoms with Crippen molar-refractivity contribution in [2.75, 3.05) is 26.4 Å². The second kappa shape index (κ2) is 19.1. The minimum Gasteiger partial charge on any atom is -0.508 e. The molecule has 0 spiro atoms. The summed E-state index contributed by atoms with van der Waals surface area (Å²) in [5.41, 5.74) is 1.06. The van der Waals surface area contributed by atoms with E-state index >= 15 is 0 Å². The lowest BCUT2D eigenvalue weighted by atomic mass is 9.95. The minimum absolute atomic E-state index is 0.0434. The lowest BCUT2D eigenvalue weighted by Gasteiger charge is -2.45. The number of ether oxygens (including phenoxy) is 7. The average Bonchev–Trinajstić information content (AvgIpc) is 3.16. The fraction of sp³-hybridized carbons (Fsp3) is 0.583. The number of rotatable bonds is 14. The summed E-state index contributed by atoms with van der Waals surface area (Å²) in [6, 6.07) is 10.0. The highest BCUT2D eigenvalue weighted by Gasteiger charge is 2.51. The second-order valence-corrected chi connectivity index (χ2v) is 13.5. The van der Waals surface area contributed by atoms with Gasteiger partial charge in [0.25, 0.3) is 0 Å². The average molecular weight is 785 g/mol. The number of phenolic OH excluding ortho intramolecular Hbond substituents is 3. The van der Waals surface area contributed by atoms with Crippen molar-refractivity contribution < 1.29 is 94.1 Å². The van der Waals surface area contributed by atoms with E-state index in [0.717, 1.165) is 11.6 Å². The van der Waals surface area contributed by atoms with Crippen LogP contribution >= 0.6 is 0 Å². The third-order valence-corrected chi connectivity index (χ3v) is 9.56. The standard InChI is InChI=1S/C36H48O19/c1-16-26(42)29(45)28(44)23(52-16)14-50-34-32(48)36(49-11-10-17-2-6-19(38)7-3-17)54-24(15-51-35-31(47)30(46)27(43)22(13-37)53-35)33(34)55-25(41)9-5-18-4-8-20(39)21(40)12-18/h2-9,12,16,22-24,26-40,42-48H,10-11,13-15H2,1H3/b9-5+/t16-,22+,23-,24+,26-,27+,28-,29+,30-,31+,32+,33+,34+,35+,36+/m0/s1. The van der Waals surface area contributed by atoms with E-state index in [0.29, 0.717) is 12.0 Å². The van der Waals surface area contributed by atoms with Gasteiger partial charge in [0.1, 0.15) is 72.9 Å². The van der Waals surface area contributed by atoms with Gasteiger partial charge in [-0.1, -0.05) is 18.2 Å². The predicted molar refractivity (Wildman–Crippen MR) is 183 cm³/mol. The number of carbonyl (C=O) groups is 1. The molecule has 0 saturated carbocycles. The van der Waals surface area contributed by atoms with E-state index < -0.39 is 129 Å². The van der Waals surface area contributed by atoms with Gasteiger partial charge in [-0.3, -0.25) is 0 Å². The SMILES string of the molecule is C[C@@H]1O[C@@H](CO[C@@H]2[C@@H](O)[C@H](OCCc3ccc(O)cc3)O[C@H](CO[C@@H]3O[C@H](CO)[C@@H](O)[C@H](O)[C@H]3O)[C@H]2OC(=O)/C=C/c2ccc(O)c(O)c2)[C@H](O)[C@H](O)[C@H]1O. The maximum Gasteiger partial charge on any atom is 0.331 e. The zero-order valence-corrected chi connectivity index (χ0v) is 29.6. The van der Waals surface area contributed by atoms with Crippen LogP contribution in [0.5, 0.6) is 17.2 Å². The van der Waals surface area contributed by atoms with Crippen molar-refractivity contribution in [1.82, 2.24) is 0 Å². The molecule has 3 aliphatic heterocycles. The van der Waals surface area contributed by atoms with Crippen LogP contribution in [-0.4, -0.2) is 181 Å². The Bertz CT molecular complexity index is 1560. The molecular weight excluding hydrogens is 736 g/mol. The van der Waals surface area contributed by atoms with Crippen LogP contribution in [0.4, 0.5) is 0 Å². The predicted octanol–water partition coefficient (Wildman–Crippen LogP) is -2.85. The number of aromatic hydroxyl groups is 3. The number of phenols is 3. The molecule has 2 aromatic rings. The lowest BCUT2D eigenvalue weighted by molar-refractivity contribution is -0.336. The molecule has 3 fully saturated rings. The first kappa shape index (κ1) is 42.6. The van der Waals surface area contributed by atoms with Gasteiger partial charge < -0.3 is 89.3 Å². The Kier molecular flexibility index (Phi) is 14.8. The van der Waals surface area contributed by atoms with Crippen molar-refractivity contribution in [2.24, 2.45) is 0 Å². The molecule has 0 bridgehead atoms. The van der Waals surface area contributed by atoms with Crippen molar-refractivity contribution in [3.8, 4) is 17.2 Å². The van der Waals surface area contributed by atoms with Crippen LogP contribution in [0, 0.1) is 0 Å². The van der Waals surface area contributed by atoms with Gasteiger partial charge in [-0.25, -0.2) is 4.79 Å².